The van der Waals surface area contributed by atoms with Crippen molar-refractivity contribution in [3.8, 4) is 5.69 Å². The molecule has 0 aliphatic heterocycles. The molecule has 200 valence electrons. The topological polar surface area (TPSA) is 116 Å². The third-order valence-electron chi connectivity index (χ3n) is 6.15. The number of benzene rings is 2. The predicted octanol–water partition coefficient (Wildman–Crippen LogP) is 1.04. The second-order valence-electron chi connectivity index (χ2n) is 9.58. The maximum Gasteiger partial charge on any atom is 1.00 e. The molecule has 0 aliphatic rings. The van der Waals surface area contributed by atoms with Gasteiger partial charge in [-0.05, 0) is 55.0 Å². The van der Waals surface area contributed by atoms with Crippen LogP contribution in [-0.4, -0.2) is 61.1 Å². The number of aliphatic hydroxyl groups is 2. The van der Waals surface area contributed by atoms with Crippen molar-refractivity contribution >= 4 is 11.9 Å². The number of carbonyl (C=O) groups excluding carboxylic acids is 1. The monoisotopic (exact) mass is 535 g/mol. The van der Waals surface area contributed by atoms with Crippen molar-refractivity contribution in [3.05, 3.63) is 82.9 Å². The number of aliphatic hydroxyl groups excluding tert-OH is 2. The fraction of sp³-hybridized carbons (Fsp3) is 0.393. The van der Waals surface area contributed by atoms with Gasteiger partial charge in [0.15, 0.2) is 5.69 Å². The summed E-state index contributed by atoms with van der Waals surface area (Å²) in [6.07, 6.45) is -2.12. The first-order valence-corrected chi connectivity index (χ1v) is 12.3. The summed E-state index contributed by atoms with van der Waals surface area (Å²) in [5.41, 5.74) is 3.26. The maximum absolute atomic E-state index is 13.6. The second kappa shape index (κ2) is 14.6. The first kappa shape index (κ1) is 31.7. The van der Waals surface area contributed by atoms with Crippen LogP contribution in [0.1, 0.15) is 67.8 Å². The number of hydrogen-bond acceptors (Lipinski definition) is 5. The SMILES string of the molecule is CC(C)c1c(C(=O)N(C)Cc2ccccc2)nn(-c2ccc(F)cc2)c1CC[C@@H](O)C[C@@H](O)CC(=O)O.[H-].[Na+]. The molecule has 0 unspecified atom stereocenters. The van der Waals surface area contributed by atoms with E-state index >= 15 is 0 Å². The Morgan fingerprint density at radius 1 is 1.05 bits per heavy atom. The molecule has 0 spiro atoms. The molecular formula is C28H35FN3NaO5. The average Bonchev–Trinajstić information content (AvgIpc) is 3.22. The largest absolute Gasteiger partial charge is 1.00 e. The van der Waals surface area contributed by atoms with Crippen molar-refractivity contribution in [3.63, 3.8) is 0 Å². The zero-order valence-corrected chi connectivity index (χ0v) is 24.3. The van der Waals surface area contributed by atoms with Crippen LogP contribution < -0.4 is 29.6 Å². The third-order valence-corrected chi connectivity index (χ3v) is 6.15. The normalized spacial score (nSPS) is 12.6. The number of halogens is 1. The Morgan fingerprint density at radius 2 is 1.68 bits per heavy atom. The van der Waals surface area contributed by atoms with Gasteiger partial charge in [0, 0.05) is 24.8 Å². The fourth-order valence-corrected chi connectivity index (χ4v) is 4.40. The Balaban J connectivity index is 0.00000380. The van der Waals surface area contributed by atoms with E-state index in [1.54, 1.807) is 28.8 Å². The first-order valence-electron chi connectivity index (χ1n) is 12.3. The zero-order chi connectivity index (χ0) is 27.1. The van der Waals surface area contributed by atoms with E-state index in [4.69, 9.17) is 5.11 Å². The molecule has 0 bridgehead atoms. The van der Waals surface area contributed by atoms with Crippen LogP contribution in [0.15, 0.2) is 54.6 Å². The number of carbonyl (C=O) groups is 2. The minimum Gasteiger partial charge on any atom is -1.00 e. The number of aliphatic carboxylic acids is 1. The standard InChI is InChI=1S/C28H34FN3O5.Na.H/c1-18(2)26-24(14-13-22(33)15-23(34)16-25(35)36)32(21-11-9-20(29)10-12-21)30-27(26)28(37)31(3)17-19-7-5-4-6-8-19;;/h4-12,18,22-23,33-34H,13-17H2,1-3H3,(H,35,36);;/q;+1;-1/t22-,23-;;/m1../s1. The summed E-state index contributed by atoms with van der Waals surface area (Å²) in [6, 6.07) is 15.4. The molecule has 0 radical (unpaired) electrons. The van der Waals surface area contributed by atoms with E-state index in [1.807, 2.05) is 44.2 Å². The fourth-order valence-electron chi connectivity index (χ4n) is 4.40. The van der Waals surface area contributed by atoms with Gasteiger partial charge in [-0.1, -0.05) is 44.2 Å². The van der Waals surface area contributed by atoms with Gasteiger partial charge in [-0.3, -0.25) is 9.59 Å². The van der Waals surface area contributed by atoms with Gasteiger partial charge in [0.05, 0.1) is 24.3 Å². The summed E-state index contributed by atoms with van der Waals surface area (Å²) in [7, 11) is 1.71. The molecule has 2 atom stereocenters. The van der Waals surface area contributed by atoms with Gasteiger partial charge in [-0.2, -0.15) is 5.10 Å². The van der Waals surface area contributed by atoms with Crippen LogP contribution in [-0.2, 0) is 17.8 Å². The van der Waals surface area contributed by atoms with E-state index in [1.165, 1.54) is 12.1 Å². The van der Waals surface area contributed by atoms with Gasteiger partial charge in [0.1, 0.15) is 5.82 Å². The van der Waals surface area contributed by atoms with Crippen molar-refractivity contribution in [1.82, 2.24) is 14.7 Å². The van der Waals surface area contributed by atoms with Crippen molar-refractivity contribution in [1.29, 1.82) is 0 Å². The van der Waals surface area contributed by atoms with Gasteiger partial charge >= 0.3 is 35.5 Å². The quantitative estimate of drug-likeness (QED) is 0.299. The zero-order valence-electron chi connectivity index (χ0n) is 23.3. The summed E-state index contributed by atoms with van der Waals surface area (Å²) in [5, 5.41) is 33.9. The molecule has 0 saturated heterocycles. The van der Waals surface area contributed by atoms with E-state index < -0.39 is 30.4 Å². The molecule has 0 saturated carbocycles. The van der Waals surface area contributed by atoms with Crippen molar-refractivity contribution in [2.45, 2.75) is 64.2 Å². The Labute approximate surface area is 245 Å². The van der Waals surface area contributed by atoms with Crippen LogP contribution in [0.2, 0.25) is 0 Å². The molecule has 3 aromatic rings. The van der Waals surface area contributed by atoms with Gasteiger partial charge in [-0.15, -0.1) is 0 Å². The summed E-state index contributed by atoms with van der Waals surface area (Å²) < 4.78 is 15.2. The molecule has 0 fully saturated rings. The van der Waals surface area contributed by atoms with E-state index in [9.17, 15) is 24.2 Å². The number of hydrogen-bond donors (Lipinski definition) is 3. The van der Waals surface area contributed by atoms with Crippen LogP contribution in [0.25, 0.3) is 5.69 Å². The van der Waals surface area contributed by atoms with Gasteiger partial charge in [-0.25, -0.2) is 9.07 Å². The van der Waals surface area contributed by atoms with Gasteiger partial charge < -0.3 is 21.6 Å². The molecule has 0 aliphatic carbocycles. The molecule has 1 aromatic heterocycles. The number of carboxylic acids is 1. The van der Waals surface area contributed by atoms with E-state index in [-0.39, 0.29) is 61.3 Å². The molecule has 3 N–H and O–H groups in total. The molecule has 10 heteroatoms. The number of carboxylic acid groups (broad SMARTS) is 1. The Hall–Kier alpha value is -2.56. The van der Waals surface area contributed by atoms with Gasteiger partial charge in [0.25, 0.3) is 5.91 Å². The number of aromatic nitrogens is 2. The molecule has 1 amide bonds. The molecular weight excluding hydrogens is 500 g/mol. The Kier molecular flexibility index (Phi) is 12.1. The van der Waals surface area contributed by atoms with Crippen LogP contribution in [0.4, 0.5) is 4.39 Å². The Bertz CT molecular complexity index is 1210. The summed E-state index contributed by atoms with van der Waals surface area (Å²) in [4.78, 5) is 26.0. The number of rotatable bonds is 12. The van der Waals surface area contributed by atoms with Crippen LogP contribution in [0.3, 0.4) is 0 Å². The van der Waals surface area contributed by atoms with Gasteiger partial charge in [0.2, 0.25) is 0 Å². The van der Waals surface area contributed by atoms with Crippen molar-refractivity contribution in [2.75, 3.05) is 7.05 Å². The molecule has 8 nitrogen and oxygen atoms in total. The van der Waals surface area contributed by atoms with E-state index in [0.29, 0.717) is 24.3 Å². The number of amides is 1. The number of nitrogens with zero attached hydrogens (tertiary/aromatic N) is 3. The molecule has 3 rings (SSSR count). The molecule has 38 heavy (non-hydrogen) atoms. The predicted molar refractivity (Wildman–Crippen MR) is 138 cm³/mol. The molecule has 2 aromatic carbocycles. The third kappa shape index (κ3) is 8.47. The van der Waals surface area contributed by atoms with E-state index in [2.05, 4.69) is 5.10 Å². The first-order chi connectivity index (χ1) is 17.6. The van der Waals surface area contributed by atoms with Crippen LogP contribution in [0, 0.1) is 5.82 Å². The minimum absolute atomic E-state index is 0. The van der Waals surface area contributed by atoms with Crippen molar-refractivity contribution < 1.29 is 60.3 Å². The summed E-state index contributed by atoms with van der Waals surface area (Å²) in [5.74, 6) is -1.88. The Morgan fingerprint density at radius 3 is 2.26 bits per heavy atom. The average molecular weight is 536 g/mol. The van der Waals surface area contributed by atoms with Crippen LogP contribution >= 0.6 is 0 Å². The van der Waals surface area contributed by atoms with E-state index in [0.717, 1.165) is 11.1 Å². The maximum atomic E-state index is 13.6. The summed E-state index contributed by atoms with van der Waals surface area (Å²) in [6.45, 7) is 4.31. The van der Waals surface area contributed by atoms with Crippen LogP contribution in [0.5, 0.6) is 0 Å². The van der Waals surface area contributed by atoms with Crippen molar-refractivity contribution in [2.24, 2.45) is 0 Å². The summed E-state index contributed by atoms with van der Waals surface area (Å²) >= 11 is 0. The smallest absolute Gasteiger partial charge is 1.00 e. The molecule has 1 heterocycles. The minimum atomic E-state index is -1.16. The second-order valence-corrected chi connectivity index (χ2v) is 9.58.